The van der Waals surface area contributed by atoms with Gasteiger partial charge in [0, 0.05) is 13.5 Å². The zero-order valence-electron chi connectivity index (χ0n) is 10.9. The zero-order chi connectivity index (χ0) is 14.0. The lowest BCUT2D eigenvalue weighted by molar-refractivity contribution is -0.133. The van der Waals surface area contributed by atoms with E-state index in [0.717, 1.165) is 17.5 Å². The Kier molecular flexibility index (Phi) is 3.89. The van der Waals surface area contributed by atoms with Crippen molar-refractivity contribution < 1.29 is 14.3 Å². The lowest BCUT2D eigenvalue weighted by Crippen LogP contribution is -2.03. The molecule has 0 aromatic carbocycles. The molecule has 8 heteroatoms. The summed E-state index contributed by atoms with van der Waals surface area (Å²) in [5.41, 5.74) is 0.745. The van der Waals surface area contributed by atoms with Gasteiger partial charge in [-0.1, -0.05) is 11.8 Å². The maximum Gasteiger partial charge on any atom is 0.313 e. The first kappa shape index (κ1) is 13.6. The molecule has 1 N–H and O–H groups in total. The molecule has 0 saturated carbocycles. The molecule has 2 aromatic heterocycles. The molecule has 0 bridgehead atoms. The van der Waals surface area contributed by atoms with Gasteiger partial charge in [-0.25, -0.2) is 4.98 Å². The molecule has 0 saturated heterocycles. The van der Waals surface area contributed by atoms with Crippen molar-refractivity contribution in [2.75, 3.05) is 5.75 Å². The molecule has 0 amide bonds. The van der Waals surface area contributed by atoms with Gasteiger partial charge < -0.3 is 9.52 Å². The van der Waals surface area contributed by atoms with Crippen molar-refractivity contribution in [3.8, 4) is 11.6 Å². The van der Waals surface area contributed by atoms with E-state index in [2.05, 4.69) is 15.2 Å². The summed E-state index contributed by atoms with van der Waals surface area (Å²) in [5.74, 6) is 0.788. The lowest BCUT2D eigenvalue weighted by atomic mass is 10.3. The molecule has 0 radical (unpaired) electrons. The van der Waals surface area contributed by atoms with Crippen LogP contribution in [0.2, 0.25) is 0 Å². The summed E-state index contributed by atoms with van der Waals surface area (Å²) in [7, 11) is 0. The van der Waals surface area contributed by atoms with Gasteiger partial charge in [0.2, 0.25) is 5.82 Å². The first-order valence-corrected chi connectivity index (χ1v) is 6.73. The van der Waals surface area contributed by atoms with Crippen LogP contribution in [0.1, 0.15) is 18.5 Å². The monoisotopic (exact) mass is 282 g/mol. The Morgan fingerprint density at radius 2 is 2.16 bits per heavy atom. The summed E-state index contributed by atoms with van der Waals surface area (Å²) in [6.07, 6.45) is 0. The third kappa shape index (κ3) is 2.78. The van der Waals surface area contributed by atoms with Crippen molar-refractivity contribution in [1.82, 2.24) is 19.7 Å². The quantitative estimate of drug-likeness (QED) is 0.835. The topological polar surface area (TPSA) is 94.0 Å². The predicted octanol–water partition coefficient (Wildman–Crippen LogP) is 1.75. The van der Waals surface area contributed by atoms with Crippen LogP contribution < -0.4 is 0 Å². The second kappa shape index (κ2) is 5.43. The minimum atomic E-state index is -0.885. The number of aliphatic carboxylic acids is 1. The molecule has 2 aromatic rings. The predicted molar refractivity (Wildman–Crippen MR) is 69.0 cm³/mol. The minimum Gasteiger partial charge on any atom is -0.481 e. The van der Waals surface area contributed by atoms with E-state index in [1.54, 1.807) is 6.92 Å². The number of hydrogen-bond acceptors (Lipinski definition) is 6. The summed E-state index contributed by atoms with van der Waals surface area (Å²) in [6, 6.07) is 0. The van der Waals surface area contributed by atoms with Gasteiger partial charge in [-0.05, 0) is 13.8 Å². The van der Waals surface area contributed by atoms with Crippen molar-refractivity contribution in [1.29, 1.82) is 0 Å². The van der Waals surface area contributed by atoms with Crippen LogP contribution in [-0.2, 0) is 11.3 Å². The maximum absolute atomic E-state index is 10.6. The van der Waals surface area contributed by atoms with Gasteiger partial charge >= 0.3 is 5.97 Å². The first-order chi connectivity index (χ1) is 9.02. The third-order valence-corrected chi connectivity index (χ3v) is 3.42. The van der Waals surface area contributed by atoms with E-state index < -0.39 is 5.97 Å². The highest BCUT2D eigenvalue weighted by atomic mass is 32.2. The Bertz CT molecular complexity index is 605. The molecular formula is C11H14N4O3S. The Labute approximate surface area is 114 Å². The second-order valence-corrected chi connectivity index (χ2v) is 4.82. The zero-order valence-corrected chi connectivity index (χ0v) is 11.7. The molecule has 102 valence electrons. The molecule has 0 spiro atoms. The molecule has 19 heavy (non-hydrogen) atoms. The SMILES string of the molecule is CCn1c(SCC(=O)O)nnc1-c1oc(C)nc1C. The molecule has 0 fully saturated rings. The van der Waals surface area contributed by atoms with Crippen molar-refractivity contribution in [2.24, 2.45) is 0 Å². The average Bonchev–Trinajstić information content (AvgIpc) is 2.89. The number of aryl methyl sites for hydroxylation is 2. The van der Waals surface area contributed by atoms with E-state index in [1.165, 1.54) is 0 Å². The van der Waals surface area contributed by atoms with Crippen molar-refractivity contribution in [3.63, 3.8) is 0 Å². The van der Waals surface area contributed by atoms with Crippen molar-refractivity contribution >= 4 is 17.7 Å². The Balaban J connectivity index is 2.36. The van der Waals surface area contributed by atoms with Crippen molar-refractivity contribution in [2.45, 2.75) is 32.5 Å². The Morgan fingerprint density at radius 3 is 2.68 bits per heavy atom. The molecular weight excluding hydrogens is 268 g/mol. The minimum absolute atomic E-state index is 0.0491. The molecule has 0 aliphatic carbocycles. The lowest BCUT2D eigenvalue weighted by Gasteiger charge is -2.04. The summed E-state index contributed by atoms with van der Waals surface area (Å²) in [5, 5.41) is 17.4. The summed E-state index contributed by atoms with van der Waals surface area (Å²) in [6.45, 7) is 6.17. The Morgan fingerprint density at radius 1 is 1.42 bits per heavy atom. The summed E-state index contributed by atoms with van der Waals surface area (Å²) in [4.78, 5) is 14.8. The highest BCUT2D eigenvalue weighted by molar-refractivity contribution is 7.99. The normalized spacial score (nSPS) is 10.9. The first-order valence-electron chi connectivity index (χ1n) is 5.75. The highest BCUT2D eigenvalue weighted by Gasteiger charge is 2.19. The van der Waals surface area contributed by atoms with Crippen LogP contribution in [0.3, 0.4) is 0 Å². The number of hydrogen-bond donors (Lipinski definition) is 1. The van der Waals surface area contributed by atoms with Crippen LogP contribution in [0, 0.1) is 13.8 Å². The molecule has 0 aliphatic heterocycles. The average molecular weight is 282 g/mol. The number of carboxylic acid groups (broad SMARTS) is 1. The number of carboxylic acids is 1. The molecule has 7 nitrogen and oxygen atoms in total. The van der Waals surface area contributed by atoms with Gasteiger partial charge in [0.1, 0.15) is 0 Å². The van der Waals surface area contributed by atoms with E-state index in [1.807, 2.05) is 18.4 Å². The van der Waals surface area contributed by atoms with Crippen LogP contribution in [0.5, 0.6) is 0 Å². The van der Waals surface area contributed by atoms with E-state index in [0.29, 0.717) is 29.2 Å². The summed E-state index contributed by atoms with van der Waals surface area (Å²) >= 11 is 1.14. The molecule has 0 unspecified atom stereocenters. The van der Waals surface area contributed by atoms with Gasteiger partial charge in [-0.15, -0.1) is 10.2 Å². The van der Waals surface area contributed by atoms with Crippen molar-refractivity contribution in [3.05, 3.63) is 11.6 Å². The standard InChI is InChI=1S/C11H14N4O3S/c1-4-15-10(9-6(2)12-7(3)18-9)13-14-11(15)19-5-8(16)17/h4-5H2,1-3H3,(H,16,17). The molecule has 2 rings (SSSR count). The number of carbonyl (C=O) groups is 1. The fraction of sp³-hybridized carbons (Fsp3) is 0.455. The smallest absolute Gasteiger partial charge is 0.313 e. The third-order valence-electron chi connectivity index (χ3n) is 2.46. The number of oxazole rings is 1. The number of thioether (sulfide) groups is 1. The number of nitrogens with zero attached hydrogens (tertiary/aromatic N) is 4. The summed E-state index contributed by atoms with van der Waals surface area (Å²) < 4.78 is 7.34. The largest absolute Gasteiger partial charge is 0.481 e. The van der Waals surface area contributed by atoms with E-state index in [9.17, 15) is 4.79 Å². The molecule has 0 aliphatic rings. The van der Waals surface area contributed by atoms with Gasteiger partial charge in [0.15, 0.2) is 16.8 Å². The highest BCUT2D eigenvalue weighted by Crippen LogP contribution is 2.26. The number of rotatable bonds is 5. The van der Waals surface area contributed by atoms with Crippen LogP contribution in [0.25, 0.3) is 11.6 Å². The van der Waals surface area contributed by atoms with E-state index in [-0.39, 0.29) is 5.75 Å². The molecule has 0 atom stereocenters. The van der Waals surface area contributed by atoms with Gasteiger partial charge in [-0.3, -0.25) is 9.36 Å². The fourth-order valence-electron chi connectivity index (χ4n) is 1.71. The van der Waals surface area contributed by atoms with Crippen LogP contribution in [-0.4, -0.2) is 36.6 Å². The Hall–Kier alpha value is -1.83. The van der Waals surface area contributed by atoms with E-state index in [4.69, 9.17) is 9.52 Å². The van der Waals surface area contributed by atoms with Crippen LogP contribution in [0.15, 0.2) is 9.57 Å². The van der Waals surface area contributed by atoms with Crippen LogP contribution >= 0.6 is 11.8 Å². The fourth-order valence-corrected chi connectivity index (χ4v) is 2.44. The van der Waals surface area contributed by atoms with Gasteiger partial charge in [0.05, 0.1) is 11.4 Å². The second-order valence-electron chi connectivity index (χ2n) is 3.88. The molecule has 2 heterocycles. The number of aromatic nitrogens is 4. The maximum atomic E-state index is 10.6. The van der Waals surface area contributed by atoms with Gasteiger partial charge in [-0.2, -0.15) is 0 Å². The van der Waals surface area contributed by atoms with Gasteiger partial charge in [0.25, 0.3) is 0 Å². The van der Waals surface area contributed by atoms with Crippen LogP contribution in [0.4, 0.5) is 0 Å². The van der Waals surface area contributed by atoms with E-state index >= 15 is 0 Å².